The molecule has 164 valence electrons. The molecule has 9 heteroatoms. The molecule has 0 radical (unpaired) electrons. The van der Waals surface area contributed by atoms with E-state index in [0.717, 1.165) is 42.5 Å². The summed E-state index contributed by atoms with van der Waals surface area (Å²) in [6.45, 7) is 3.76. The summed E-state index contributed by atoms with van der Waals surface area (Å²) < 4.78 is 10.7. The normalized spacial score (nSPS) is 13.1. The Morgan fingerprint density at radius 1 is 1.26 bits per heavy atom. The lowest BCUT2D eigenvalue weighted by Crippen LogP contribution is -2.27. The van der Waals surface area contributed by atoms with Crippen LogP contribution in [-0.4, -0.2) is 36.7 Å². The third-order valence-electron chi connectivity index (χ3n) is 5.09. The molecule has 1 aliphatic rings. The highest BCUT2D eigenvalue weighted by molar-refractivity contribution is 7.17. The summed E-state index contributed by atoms with van der Waals surface area (Å²) in [4.78, 5) is 27.9. The quantitative estimate of drug-likeness (QED) is 0.450. The summed E-state index contributed by atoms with van der Waals surface area (Å²) in [5.41, 5.74) is 1.84. The lowest BCUT2D eigenvalue weighted by molar-refractivity contribution is 0.0944. The van der Waals surface area contributed by atoms with Crippen LogP contribution in [0.4, 0.5) is 5.00 Å². The number of hydrogen-bond donors (Lipinski definition) is 2. The molecule has 4 rings (SSSR count). The maximum atomic E-state index is 13.0. The third-order valence-corrected chi connectivity index (χ3v) is 7.18. The maximum Gasteiger partial charge on any atom is 0.278 e. The molecule has 0 fully saturated rings. The van der Waals surface area contributed by atoms with Gasteiger partial charge in [-0.05, 0) is 56.0 Å². The Bertz CT molecular complexity index is 1040. The van der Waals surface area contributed by atoms with Crippen LogP contribution in [0, 0.1) is 0 Å². The number of fused-ring (bicyclic) bond motifs is 1. The first-order valence-electron chi connectivity index (χ1n) is 10.5. The van der Waals surface area contributed by atoms with Gasteiger partial charge in [-0.3, -0.25) is 9.59 Å². The van der Waals surface area contributed by atoms with Gasteiger partial charge >= 0.3 is 0 Å². The molecule has 0 atom stereocenters. The van der Waals surface area contributed by atoms with Crippen molar-refractivity contribution in [2.75, 3.05) is 25.1 Å². The maximum absolute atomic E-state index is 13.0. The topological polar surface area (TPSA) is 93.5 Å². The summed E-state index contributed by atoms with van der Waals surface area (Å²) >= 11 is 3.01. The SMILES string of the molecule is CCOCCCNC(=O)c1c(NC(=O)c2cc(-c3cccs3)on2)sc2c1CCCC2. The van der Waals surface area contributed by atoms with Crippen LogP contribution < -0.4 is 10.6 Å². The van der Waals surface area contributed by atoms with Gasteiger partial charge in [0.25, 0.3) is 11.8 Å². The van der Waals surface area contributed by atoms with Crippen LogP contribution >= 0.6 is 22.7 Å². The number of hydrogen-bond acceptors (Lipinski definition) is 7. The molecule has 2 N–H and O–H groups in total. The summed E-state index contributed by atoms with van der Waals surface area (Å²) in [6.07, 6.45) is 4.69. The molecule has 31 heavy (non-hydrogen) atoms. The Morgan fingerprint density at radius 2 is 2.13 bits per heavy atom. The van der Waals surface area contributed by atoms with Crippen LogP contribution in [0.3, 0.4) is 0 Å². The highest BCUT2D eigenvalue weighted by Crippen LogP contribution is 2.38. The average Bonchev–Trinajstić information content (AvgIpc) is 3.52. The number of aryl methyl sites for hydroxylation is 1. The standard InChI is InChI=1S/C22H25N3O4S2/c1-2-28-11-6-10-23-21(27)19-14-7-3-4-8-17(14)31-22(19)24-20(26)15-13-16(29-25-15)18-9-5-12-30-18/h5,9,12-13H,2-4,6-8,10-11H2,1H3,(H,23,27)(H,24,26). The second-order valence-electron chi connectivity index (χ2n) is 7.23. The third kappa shape index (κ3) is 5.06. The van der Waals surface area contributed by atoms with Crippen molar-refractivity contribution in [2.24, 2.45) is 0 Å². The smallest absolute Gasteiger partial charge is 0.278 e. The molecule has 0 bridgehead atoms. The first-order chi connectivity index (χ1) is 15.2. The average molecular weight is 460 g/mol. The number of carbonyl (C=O) groups is 2. The zero-order chi connectivity index (χ0) is 21.6. The minimum Gasteiger partial charge on any atom is -0.382 e. The monoisotopic (exact) mass is 459 g/mol. The number of nitrogens with zero attached hydrogens (tertiary/aromatic N) is 1. The van der Waals surface area contributed by atoms with E-state index in [4.69, 9.17) is 9.26 Å². The van der Waals surface area contributed by atoms with E-state index in [-0.39, 0.29) is 17.5 Å². The number of rotatable bonds is 9. The van der Waals surface area contributed by atoms with Crippen molar-refractivity contribution in [2.45, 2.75) is 39.0 Å². The largest absolute Gasteiger partial charge is 0.382 e. The van der Waals surface area contributed by atoms with Crippen LogP contribution in [0.1, 0.15) is 57.5 Å². The first kappa shape index (κ1) is 21.7. The fourth-order valence-corrected chi connectivity index (χ4v) is 5.54. The van der Waals surface area contributed by atoms with Crippen molar-refractivity contribution >= 4 is 39.5 Å². The number of aromatic nitrogens is 1. The van der Waals surface area contributed by atoms with Gasteiger partial charge in [0, 0.05) is 30.7 Å². The molecule has 3 aromatic rings. The molecule has 3 heterocycles. The van der Waals surface area contributed by atoms with Crippen molar-refractivity contribution in [3.8, 4) is 10.6 Å². The molecular weight excluding hydrogens is 434 g/mol. The second-order valence-corrected chi connectivity index (χ2v) is 9.28. The van der Waals surface area contributed by atoms with Gasteiger partial charge < -0.3 is 19.9 Å². The first-order valence-corrected chi connectivity index (χ1v) is 12.2. The molecule has 2 amide bonds. The molecule has 0 aromatic carbocycles. The molecule has 7 nitrogen and oxygen atoms in total. The summed E-state index contributed by atoms with van der Waals surface area (Å²) in [6, 6.07) is 5.45. The van der Waals surface area contributed by atoms with Gasteiger partial charge in [-0.1, -0.05) is 11.2 Å². The molecular formula is C22H25N3O4S2. The van der Waals surface area contributed by atoms with E-state index >= 15 is 0 Å². The number of anilines is 1. The van der Waals surface area contributed by atoms with Crippen LogP contribution in [-0.2, 0) is 17.6 Å². The van der Waals surface area contributed by atoms with Crippen molar-refractivity contribution in [1.29, 1.82) is 0 Å². The lowest BCUT2D eigenvalue weighted by atomic mass is 9.95. The zero-order valence-corrected chi connectivity index (χ0v) is 19.0. The molecule has 0 spiro atoms. The Morgan fingerprint density at radius 3 is 2.94 bits per heavy atom. The minimum atomic E-state index is -0.379. The van der Waals surface area contributed by atoms with E-state index in [1.807, 2.05) is 24.4 Å². The van der Waals surface area contributed by atoms with E-state index in [0.29, 0.717) is 36.1 Å². The van der Waals surface area contributed by atoms with Gasteiger partial charge in [-0.15, -0.1) is 22.7 Å². The van der Waals surface area contributed by atoms with Crippen molar-refractivity contribution < 1.29 is 18.8 Å². The van der Waals surface area contributed by atoms with Crippen LogP contribution in [0.2, 0.25) is 0 Å². The van der Waals surface area contributed by atoms with E-state index in [9.17, 15) is 9.59 Å². The van der Waals surface area contributed by atoms with Gasteiger partial charge in [0.1, 0.15) is 5.00 Å². The molecule has 0 saturated carbocycles. The van der Waals surface area contributed by atoms with Crippen molar-refractivity contribution in [3.63, 3.8) is 0 Å². The Hall–Kier alpha value is -2.49. The fraction of sp³-hybridized carbons (Fsp3) is 0.409. The van der Waals surface area contributed by atoms with E-state index in [1.54, 1.807) is 6.07 Å². The van der Waals surface area contributed by atoms with Gasteiger partial charge in [-0.2, -0.15) is 0 Å². The number of nitrogens with one attached hydrogen (secondary N) is 2. The van der Waals surface area contributed by atoms with E-state index in [1.165, 1.54) is 27.6 Å². The number of amides is 2. The minimum absolute atomic E-state index is 0.148. The summed E-state index contributed by atoms with van der Waals surface area (Å²) in [7, 11) is 0. The number of ether oxygens (including phenoxy) is 1. The Labute approximate surface area is 188 Å². The zero-order valence-electron chi connectivity index (χ0n) is 17.4. The number of thiophene rings is 2. The van der Waals surface area contributed by atoms with E-state index < -0.39 is 0 Å². The predicted molar refractivity (Wildman–Crippen MR) is 122 cm³/mol. The molecule has 0 unspecified atom stereocenters. The molecule has 0 aliphatic heterocycles. The van der Waals surface area contributed by atoms with Crippen LogP contribution in [0.15, 0.2) is 28.1 Å². The lowest BCUT2D eigenvalue weighted by Gasteiger charge is -2.13. The van der Waals surface area contributed by atoms with Crippen LogP contribution in [0.25, 0.3) is 10.6 Å². The van der Waals surface area contributed by atoms with E-state index in [2.05, 4.69) is 15.8 Å². The van der Waals surface area contributed by atoms with Gasteiger partial charge in [-0.25, -0.2) is 0 Å². The molecule has 0 saturated heterocycles. The fourth-order valence-electron chi connectivity index (χ4n) is 3.59. The van der Waals surface area contributed by atoms with Gasteiger partial charge in [0.2, 0.25) is 0 Å². The molecule has 3 aromatic heterocycles. The predicted octanol–water partition coefficient (Wildman–Crippen LogP) is 4.75. The van der Waals surface area contributed by atoms with Gasteiger partial charge in [0.05, 0.1) is 10.4 Å². The Kier molecular flexibility index (Phi) is 7.16. The highest BCUT2D eigenvalue weighted by atomic mass is 32.1. The summed E-state index contributed by atoms with van der Waals surface area (Å²) in [5, 5.41) is 12.3. The van der Waals surface area contributed by atoms with Crippen molar-refractivity contribution in [3.05, 3.63) is 45.3 Å². The number of carbonyl (C=O) groups excluding carboxylic acids is 2. The van der Waals surface area contributed by atoms with Gasteiger partial charge in [0.15, 0.2) is 11.5 Å². The van der Waals surface area contributed by atoms with Crippen LogP contribution in [0.5, 0.6) is 0 Å². The highest BCUT2D eigenvalue weighted by Gasteiger charge is 2.27. The Balaban J connectivity index is 1.50. The molecule has 1 aliphatic carbocycles. The summed E-state index contributed by atoms with van der Waals surface area (Å²) in [5.74, 6) is 0.0269. The second kappa shape index (κ2) is 10.2. The van der Waals surface area contributed by atoms with Crippen molar-refractivity contribution in [1.82, 2.24) is 10.5 Å².